The minimum atomic E-state index is -0.309. The fourth-order valence-corrected chi connectivity index (χ4v) is 2.53. The van der Waals surface area contributed by atoms with Gasteiger partial charge < -0.3 is 0 Å². The fraction of sp³-hybridized carbons (Fsp3) is 0.188. The molecule has 0 aliphatic rings. The Morgan fingerprint density at radius 3 is 2.11 bits per heavy atom. The van der Waals surface area contributed by atoms with Crippen molar-refractivity contribution >= 4 is 21.7 Å². The first-order chi connectivity index (χ1) is 8.90. The number of carbonyl (C=O) groups excluding carboxylic acids is 1. The van der Waals surface area contributed by atoms with Crippen LogP contribution in [0.15, 0.2) is 34.8 Å². The summed E-state index contributed by atoms with van der Waals surface area (Å²) < 4.78 is 14.2. The van der Waals surface area contributed by atoms with Crippen LogP contribution < -0.4 is 0 Å². The first-order valence-electron chi connectivity index (χ1n) is 5.97. The van der Waals surface area contributed by atoms with E-state index >= 15 is 0 Å². The summed E-state index contributed by atoms with van der Waals surface area (Å²) in [6.45, 7) is 5.48. The maximum absolute atomic E-state index is 13.3. The zero-order valence-electron chi connectivity index (χ0n) is 11.1. The van der Waals surface area contributed by atoms with E-state index in [4.69, 9.17) is 0 Å². The van der Waals surface area contributed by atoms with Crippen LogP contribution in [0.1, 0.15) is 32.6 Å². The van der Waals surface area contributed by atoms with Gasteiger partial charge in [-0.05, 0) is 55.7 Å². The molecule has 0 atom stereocenters. The monoisotopic (exact) mass is 320 g/mol. The summed E-state index contributed by atoms with van der Waals surface area (Å²) in [5.41, 5.74) is 3.59. The minimum Gasteiger partial charge on any atom is -0.289 e. The molecule has 0 aliphatic heterocycles. The Kier molecular flexibility index (Phi) is 3.85. The van der Waals surface area contributed by atoms with Crippen molar-refractivity contribution in [1.29, 1.82) is 0 Å². The predicted molar refractivity (Wildman–Crippen MR) is 78.2 cm³/mol. The summed E-state index contributed by atoms with van der Waals surface area (Å²) in [6, 6.07) is 8.28. The standard InChI is InChI=1S/C16H14BrFO/c1-9-4-5-12(8-14(9)17)16(19)15-10(2)6-13(18)7-11(15)3/h4-8H,1-3H3. The van der Waals surface area contributed by atoms with Gasteiger partial charge in [-0.3, -0.25) is 4.79 Å². The smallest absolute Gasteiger partial charge is 0.193 e. The molecule has 2 rings (SSSR count). The van der Waals surface area contributed by atoms with Gasteiger partial charge in [0.2, 0.25) is 0 Å². The Hall–Kier alpha value is -1.48. The van der Waals surface area contributed by atoms with Crippen molar-refractivity contribution in [3.05, 3.63) is 68.4 Å². The predicted octanol–water partition coefficient (Wildman–Crippen LogP) is 4.74. The molecule has 0 saturated carbocycles. The first-order valence-corrected chi connectivity index (χ1v) is 6.77. The fourth-order valence-electron chi connectivity index (χ4n) is 2.15. The molecule has 0 N–H and O–H groups in total. The van der Waals surface area contributed by atoms with E-state index < -0.39 is 0 Å². The highest BCUT2D eigenvalue weighted by Gasteiger charge is 2.16. The molecule has 1 nitrogen and oxygen atoms in total. The van der Waals surface area contributed by atoms with Crippen LogP contribution in [0, 0.1) is 26.6 Å². The van der Waals surface area contributed by atoms with Crippen LogP contribution in [-0.4, -0.2) is 5.78 Å². The van der Waals surface area contributed by atoms with E-state index in [1.165, 1.54) is 12.1 Å². The van der Waals surface area contributed by atoms with Gasteiger partial charge in [-0.1, -0.05) is 28.1 Å². The highest BCUT2D eigenvalue weighted by molar-refractivity contribution is 9.10. The third-order valence-electron chi connectivity index (χ3n) is 3.16. The molecule has 0 unspecified atom stereocenters. The van der Waals surface area contributed by atoms with E-state index in [1.807, 2.05) is 13.0 Å². The van der Waals surface area contributed by atoms with E-state index in [0.29, 0.717) is 22.3 Å². The number of ketones is 1. The molecule has 0 heterocycles. The second-order valence-corrected chi connectivity index (χ2v) is 5.56. The zero-order valence-corrected chi connectivity index (χ0v) is 12.6. The van der Waals surface area contributed by atoms with Crippen molar-refractivity contribution in [1.82, 2.24) is 0 Å². The van der Waals surface area contributed by atoms with Crippen molar-refractivity contribution in [2.24, 2.45) is 0 Å². The Morgan fingerprint density at radius 2 is 1.58 bits per heavy atom. The number of aryl methyl sites for hydroxylation is 3. The molecule has 0 radical (unpaired) electrons. The van der Waals surface area contributed by atoms with Gasteiger partial charge in [-0.15, -0.1) is 0 Å². The third kappa shape index (κ3) is 2.76. The quantitative estimate of drug-likeness (QED) is 0.730. The Balaban J connectivity index is 2.53. The van der Waals surface area contributed by atoms with E-state index in [-0.39, 0.29) is 11.6 Å². The number of hydrogen-bond acceptors (Lipinski definition) is 1. The van der Waals surface area contributed by atoms with Gasteiger partial charge in [0.25, 0.3) is 0 Å². The van der Waals surface area contributed by atoms with Gasteiger partial charge in [-0.2, -0.15) is 0 Å². The van der Waals surface area contributed by atoms with Crippen LogP contribution in [0.2, 0.25) is 0 Å². The maximum Gasteiger partial charge on any atom is 0.193 e. The van der Waals surface area contributed by atoms with E-state index in [2.05, 4.69) is 15.9 Å². The summed E-state index contributed by atoms with van der Waals surface area (Å²) in [6.07, 6.45) is 0. The minimum absolute atomic E-state index is 0.0734. The summed E-state index contributed by atoms with van der Waals surface area (Å²) in [4.78, 5) is 12.5. The molecule has 2 aromatic rings. The highest BCUT2D eigenvalue weighted by atomic mass is 79.9. The van der Waals surface area contributed by atoms with Crippen molar-refractivity contribution in [2.45, 2.75) is 20.8 Å². The van der Waals surface area contributed by atoms with Gasteiger partial charge in [0.1, 0.15) is 5.82 Å². The lowest BCUT2D eigenvalue weighted by atomic mass is 9.94. The molecular weight excluding hydrogens is 307 g/mol. The van der Waals surface area contributed by atoms with Gasteiger partial charge in [0, 0.05) is 15.6 Å². The largest absolute Gasteiger partial charge is 0.289 e. The second-order valence-electron chi connectivity index (χ2n) is 4.71. The molecular formula is C16H14BrFO. The SMILES string of the molecule is Cc1ccc(C(=O)c2c(C)cc(F)cc2C)cc1Br. The Morgan fingerprint density at radius 1 is 1.00 bits per heavy atom. The molecule has 0 saturated heterocycles. The molecule has 2 aromatic carbocycles. The molecule has 0 bridgehead atoms. The van der Waals surface area contributed by atoms with Crippen molar-refractivity contribution in [2.75, 3.05) is 0 Å². The molecule has 0 fully saturated rings. The normalized spacial score (nSPS) is 10.6. The maximum atomic E-state index is 13.3. The highest BCUT2D eigenvalue weighted by Crippen LogP contribution is 2.23. The van der Waals surface area contributed by atoms with Crippen LogP contribution in [-0.2, 0) is 0 Å². The van der Waals surface area contributed by atoms with Crippen LogP contribution in [0.25, 0.3) is 0 Å². The van der Waals surface area contributed by atoms with Crippen LogP contribution in [0.4, 0.5) is 4.39 Å². The second kappa shape index (κ2) is 5.25. The van der Waals surface area contributed by atoms with Crippen molar-refractivity contribution in [3.63, 3.8) is 0 Å². The molecule has 98 valence electrons. The molecule has 19 heavy (non-hydrogen) atoms. The van der Waals surface area contributed by atoms with Crippen molar-refractivity contribution in [3.8, 4) is 0 Å². The number of carbonyl (C=O) groups is 1. The number of hydrogen-bond donors (Lipinski definition) is 0. The van der Waals surface area contributed by atoms with Gasteiger partial charge in [-0.25, -0.2) is 4.39 Å². The molecule has 0 spiro atoms. The molecule has 0 aliphatic carbocycles. The summed E-state index contributed by atoms with van der Waals surface area (Å²) in [5.74, 6) is -0.382. The third-order valence-corrected chi connectivity index (χ3v) is 4.01. The molecule has 0 amide bonds. The van der Waals surface area contributed by atoms with Gasteiger partial charge in [0.05, 0.1) is 0 Å². The van der Waals surface area contributed by atoms with E-state index in [0.717, 1.165) is 10.0 Å². The Labute approximate surface area is 120 Å². The van der Waals surface area contributed by atoms with E-state index in [1.54, 1.807) is 26.0 Å². The first kappa shape index (κ1) is 13.9. The lowest BCUT2D eigenvalue weighted by Gasteiger charge is -2.10. The van der Waals surface area contributed by atoms with Gasteiger partial charge in [0.15, 0.2) is 5.78 Å². The van der Waals surface area contributed by atoms with E-state index in [9.17, 15) is 9.18 Å². The average molecular weight is 321 g/mol. The molecule has 0 aromatic heterocycles. The topological polar surface area (TPSA) is 17.1 Å². The summed E-state index contributed by atoms with van der Waals surface area (Å²) >= 11 is 3.42. The molecule has 3 heteroatoms. The lowest BCUT2D eigenvalue weighted by molar-refractivity contribution is 0.103. The van der Waals surface area contributed by atoms with Gasteiger partial charge >= 0.3 is 0 Å². The van der Waals surface area contributed by atoms with Crippen LogP contribution >= 0.6 is 15.9 Å². The Bertz CT molecular complexity index is 639. The number of benzene rings is 2. The average Bonchev–Trinajstić information content (AvgIpc) is 2.31. The number of rotatable bonds is 2. The van der Waals surface area contributed by atoms with Crippen LogP contribution in [0.5, 0.6) is 0 Å². The number of halogens is 2. The van der Waals surface area contributed by atoms with Crippen LogP contribution in [0.3, 0.4) is 0 Å². The summed E-state index contributed by atoms with van der Waals surface area (Å²) in [5, 5.41) is 0. The zero-order chi connectivity index (χ0) is 14.2. The lowest BCUT2D eigenvalue weighted by Crippen LogP contribution is -2.07. The van der Waals surface area contributed by atoms with Crippen molar-refractivity contribution < 1.29 is 9.18 Å². The summed E-state index contributed by atoms with van der Waals surface area (Å²) in [7, 11) is 0.